The van der Waals surface area contributed by atoms with Crippen LogP contribution in [0, 0.1) is 0 Å². The van der Waals surface area contributed by atoms with Crippen molar-refractivity contribution in [2.75, 3.05) is 29.9 Å². The first-order valence-corrected chi connectivity index (χ1v) is 5.81. The zero-order valence-corrected chi connectivity index (χ0v) is 10.1. The molecule has 0 aliphatic carbocycles. The second kappa shape index (κ2) is 5.42. The van der Waals surface area contributed by atoms with Crippen molar-refractivity contribution < 1.29 is 5.11 Å². The molecule has 0 aliphatic rings. The van der Waals surface area contributed by atoms with Crippen molar-refractivity contribution in [3.8, 4) is 11.1 Å². The van der Waals surface area contributed by atoms with E-state index in [0.29, 0.717) is 12.2 Å². The summed E-state index contributed by atoms with van der Waals surface area (Å²) in [4.78, 5) is 0. The highest BCUT2D eigenvalue weighted by Gasteiger charge is 2.05. The first kappa shape index (κ1) is 12.3. The molecule has 0 heterocycles. The maximum Gasteiger partial charge on any atom is 0.0604 e. The molecule has 0 radical (unpaired) electrons. The molecule has 0 amide bonds. The molecule has 0 bridgehead atoms. The second-order valence-electron chi connectivity index (χ2n) is 4.08. The normalized spacial score (nSPS) is 10.3. The van der Waals surface area contributed by atoms with E-state index in [9.17, 15) is 0 Å². The third-order valence-corrected chi connectivity index (χ3v) is 2.69. The predicted molar refractivity (Wildman–Crippen MR) is 76.3 cm³/mol. The first-order chi connectivity index (χ1) is 8.70. The molecule has 2 aromatic rings. The Balaban J connectivity index is 2.40. The summed E-state index contributed by atoms with van der Waals surface area (Å²) >= 11 is 0. The average molecular weight is 243 g/mol. The Hall–Kier alpha value is -2.20. The quantitative estimate of drug-likeness (QED) is 0.618. The highest BCUT2D eigenvalue weighted by Crippen LogP contribution is 2.30. The van der Waals surface area contributed by atoms with Crippen LogP contribution in [0.3, 0.4) is 0 Å². The van der Waals surface area contributed by atoms with E-state index in [2.05, 4.69) is 5.32 Å². The monoisotopic (exact) mass is 243 g/mol. The van der Waals surface area contributed by atoms with E-state index in [1.54, 1.807) is 0 Å². The van der Waals surface area contributed by atoms with Gasteiger partial charge in [0.15, 0.2) is 0 Å². The van der Waals surface area contributed by atoms with Gasteiger partial charge in [0.2, 0.25) is 0 Å². The molecule has 0 spiro atoms. The smallest absolute Gasteiger partial charge is 0.0604 e. The van der Waals surface area contributed by atoms with Crippen molar-refractivity contribution in [2.45, 2.75) is 0 Å². The van der Waals surface area contributed by atoms with Gasteiger partial charge >= 0.3 is 0 Å². The van der Waals surface area contributed by atoms with Crippen LogP contribution in [0.25, 0.3) is 11.1 Å². The summed E-state index contributed by atoms with van der Waals surface area (Å²) in [5, 5.41) is 12.0. The molecule has 2 aromatic carbocycles. The summed E-state index contributed by atoms with van der Waals surface area (Å²) in [6.45, 7) is 0.595. The van der Waals surface area contributed by atoms with Crippen LogP contribution in [0.1, 0.15) is 0 Å². The molecular formula is C14H17N3O. The summed E-state index contributed by atoms with van der Waals surface area (Å²) in [6, 6.07) is 13.3. The van der Waals surface area contributed by atoms with Gasteiger partial charge in [-0.3, -0.25) is 0 Å². The molecule has 0 fully saturated rings. The third kappa shape index (κ3) is 2.73. The number of hydrogen-bond donors (Lipinski definition) is 4. The van der Waals surface area contributed by atoms with Crippen molar-refractivity contribution in [1.29, 1.82) is 0 Å². The number of rotatable bonds is 4. The molecule has 94 valence electrons. The fraction of sp³-hybridized carbons (Fsp3) is 0.143. The van der Waals surface area contributed by atoms with E-state index in [1.165, 1.54) is 0 Å². The first-order valence-electron chi connectivity index (χ1n) is 5.81. The Bertz CT molecular complexity index is 523. The van der Waals surface area contributed by atoms with Crippen molar-refractivity contribution >= 4 is 17.1 Å². The summed E-state index contributed by atoms with van der Waals surface area (Å²) in [5.41, 5.74) is 15.9. The minimum Gasteiger partial charge on any atom is -0.399 e. The van der Waals surface area contributed by atoms with Gasteiger partial charge in [0, 0.05) is 29.2 Å². The summed E-state index contributed by atoms with van der Waals surface area (Å²) in [7, 11) is 0. The summed E-state index contributed by atoms with van der Waals surface area (Å²) < 4.78 is 0. The van der Waals surface area contributed by atoms with Gasteiger partial charge in [-0.15, -0.1) is 0 Å². The van der Waals surface area contributed by atoms with Crippen LogP contribution in [0.2, 0.25) is 0 Å². The molecule has 4 heteroatoms. The lowest BCUT2D eigenvalue weighted by Crippen LogP contribution is -2.06. The summed E-state index contributed by atoms with van der Waals surface area (Å²) in [5.74, 6) is 0. The molecule has 0 unspecified atom stereocenters. The van der Waals surface area contributed by atoms with Crippen LogP contribution in [-0.2, 0) is 0 Å². The van der Waals surface area contributed by atoms with Crippen LogP contribution in [-0.4, -0.2) is 18.3 Å². The van der Waals surface area contributed by atoms with Crippen molar-refractivity contribution in [2.24, 2.45) is 0 Å². The van der Waals surface area contributed by atoms with Gasteiger partial charge in [-0.05, 0) is 35.9 Å². The van der Waals surface area contributed by atoms with Gasteiger partial charge in [-0.2, -0.15) is 0 Å². The van der Waals surface area contributed by atoms with E-state index < -0.39 is 0 Å². The van der Waals surface area contributed by atoms with Gasteiger partial charge < -0.3 is 21.9 Å². The van der Waals surface area contributed by atoms with Crippen LogP contribution in [0.15, 0.2) is 42.5 Å². The minimum absolute atomic E-state index is 0.0888. The fourth-order valence-corrected chi connectivity index (χ4v) is 1.81. The van der Waals surface area contributed by atoms with Gasteiger partial charge in [-0.25, -0.2) is 0 Å². The number of aliphatic hydroxyl groups is 1. The van der Waals surface area contributed by atoms with Crippen LogP contribution in [0.4, 0.5) is 17.1 Å². The van der Waals surface area contributed by atoms with Crippen molar-refractivity contribution in [1.82, 2.24) is 0 Å². The highest BCUT2D eigenvalue weighted by atomic mass is 16.3. The molecule has 0 saturated heterocycles. The van der Waals surface area contributed by atoms with E-state index in [4.69, 9.17) is 16.6 Å². The minimum atomic E-state index is 0.0888. The highest BCUT2D eigenvalue weighted by molar-refractivity contribution is 5.81. The molecule has 0 aliphatic heterocycles. The van der Waals surface area contributed by atoms with Gasteiger partial charge in [0.1, 0.15) is 0 Å². The molecule has 0 atom stereocenters. The zero-order chi connectivity index (χ0) is 13.0. The molecule has 2 rings (SSSR count). The molecule has 0 saturated carbocycles. The maximum absolute atomic E-state index is 8.88. The second-order valence-corrected chi connectivity index (χ2v) is 4.08. The molecule has 4 nitrogen and oxygen atoms in total. The summed E-state index contributed by atoms with van der Waals surface area (Å²) in [6.07, 6.45) is 0. The number of anilines is 3. The van der Waals surface area contributed by atoms with Crippen LogP contribution >= 0.6 is 0 Å². The van der Waals surface area contributed by atoms with Gasteiger partial charge in [0.25, 0.3) is 0 Å². The number of nitrogen functional groups attached to an aromatic ring is 2. The van der Waals surface area contributed by atoms with Crippen molar-refractivity contribution in [3.05, 3.63) is 42.5 Å². The molecule has 18 heavy (non-hydrogen) atoms. The Morgan fingerprint density at radius 2 is 1.61 bits per heavy atom. The fourth-order valence-electron chi connectivity index (χ4n) is 1.81. The molecule has 0 aromatic heterocycles. The zero-order valence-electron chi connectivity index (χ0n) is 10.1. The SMILES string of the molecule is Nc1ccc(-c2cc(N)ccc2NCCO)cc1. The van der Waals surface area contributed by atoms with E-state index in [1.807, 2.05) is 42.5 Å². The number of nitrogens with one attached hydrogen (secondary N) is 1. The Labute approximate surface area is 106 Å². The van der Waals surface area contributed by atoms with E-state index in [0.717, 1.165) is 22.5 Å². The molecule has 6 N–H and O–H groups in total. The van der Waals surface area contributed by atoms with Crippen LogP contribution < -0.4 is 16.8 Å². The molecular weight excluding hydrogens is 226 g/mol. The number of aliphatic hydroxyl groups excluding tert-OH is 1. The average Bonchev–Trinajstić information content (AvgIpc) is 2.38. The van der Waals surface area contributed by atoms with E-state index >= 15 is 0 Å². The third-order valence-electron chi connectivity index (χ3n) is 2.69. The predicted octanol–water partition coefficient (Wildman–Crippen LogP) is 1.92. The lowest BCUT2D eigenvalue weighted by Gasteiger charge is -2.12. The number of hydrogen-bond acceptors (Lipinski definition) is 4. The Morgan fingerprint density at radius 1 is 0.944 bits per heavy atom. The van der Waals surface area contributed by atoms with Crippen molar-refractivity contribution in [3.63, 3.8) is 0 Å². The number of nitrogens with two attached hydrogens (primary N) is 2. The lowest BCUT2D eigenvalue weighted by atomic mass is 10.0. The standard InChI is InChI=1S/C14H17N3O/c15-11-3-1-10(2-4-11)13-9-12(16)5-6-14(13)17-7-8-18/h1-6,9,17-18H,7-8,15-16H2. The number of benzene rings is 2. The van der Waals surface area contributed by atoms with Gasteiger partial charge in [-0.1, -0.05) is 12.1 Å². The Kier molecular flexibility index (Phi) is 3.69. The topological polar surface area (TPSA) is 84.3 Å². The lowest BCUT2D eigenvalue weighted by molar-refractivity contribution is 0.311. The van der Waals surface area contributed by atoms with E-state index in [-0.39, 0.29) is 6.61 Å². The maximum atomic E-state index is 8.88. The van der Waals surface area contributed by atoms with Crippen LogP contribution in [0.5, 0.6) is 0 Å². The largest absolute Gasteiger partial charge is 0.399 e. The van der Waals surface area contributed by atoms with Gasteiger partial charge in [0.05, 0.1) is 6.61 Å². The Morgan fingerprint density at radius 3 is 2.28 bits per heavy atom.